The minimum Gasteiger partial charge on any atom is -0.508 e. The van der Waals surface area contributed by atoms with E-state index in [4.69, 9.17) is 5.73 Å². The summed E-state index contributed by atoms with van der Waals surface area (Å²) in [5.41, 5.74) is 6.79. The van der Waals surface area contributed by atoms with Crippen molar-refractivity contribution in [2.45, 2.75) is 11.4 Å². The summed E-state index contributed by atoms with van der Waals surface area (Å²) < 4.78 is 26.8. The quantitative estimate of drug-likeness (QED) is 0.810. The monoisotopic (exact) mass is 370 g/mol. The minimum absolute atomic E-state index is 0.103. The number of anilines is 1. The van der Waals surface area contributed by atoms with Gasteiger partial charge in [0.05, 0.1) is 4.90 Å². The lowest BCUT2D eigenvalue weighted by Crippen LogP contribution is -2.26. The number of nitrogens with two attached hydrogens (primary N) is 1. The first-order valence-electron chi connectivity index (χ1n) is 6.10. The molecule has 0 aromatic heterocycles. The Balaban J connectivity index is 2.28. The van der Waals surface area contributed by atoms with E-state index in [2.05, 4.69) is 15.9 Å². The molecular formula is C14H15BrN2O3S. The molecule has 7 heteroatoms. The van der Waals surface area contributed by atoms with Crippen LogP contribution in [0.3, 0.4) is 0 Å². The zero-order valence-electron chi connectivity index (χ0n) is 11.3. The second-order valence-electron chi connectivity index (χ2n) is 4.61. The Bertz CT molecular complexity index is 763. The number of aromatic hydroxyl groups is 1. The number of rotatable bonds is 4. The van der Waals surface area contributed by atoms with Crippen LogP contribution >= 0.6 is 15.9 Å². The van der Waals surface area contributed by atoms with Gasteiger partial charge in [0, 0.05) is 23.8 Å². The molecule has 0 spiro atoms. The molecule has 2 aromatic rings. The Morgan fingerprint density at radius 1 is 1.24 bits per heavy atom. The summed E-state index contributed by atoms with van der Waals surface area (Å²) in [4.78, 5) is 0.130. The van der Waals surface area contributed by atoms with Crippen LogP contribution in [0.25, 0.3) is 0 Å². The van der Waals surface area contributed by atoms with Gasteiger partial charge in [0.1, 0.15) is 5.75 Å². The van der Waals surface area contributed by atoms with Crippen LogP contribution in [-0.4, -0.2) is 24.9 Å². The van der Waals surface area contributed by atoms with E-state index in [0.717, 1.165) is 0 Å². The van der Waals surface area contributed by atoms with Gasteiger partial charge in [-0.15, -0.1) is 0 Å². The average molecular weight is 371 g/mol. The topological polar surface area (TPSA) is 83.6 Å². The number of halogens is 1. The molecule has 2 aromatic carbocycles. The number of benzene rings is 2. The van der Waals surface area contributed by atoms with Gasteiger partial charge in [-0.1, -0.05) is 12.1 Å². The first-order chi connectivity index (χ1) is 9.80. The van der Waals surface area contributed by atoms with Crippen molar-refractivity contribution in [2.24, 2.45) is 0 Å². The molecule has 2 rings (SSSR count). The standard InChI is InChI=1S/C14H15BrN2O3S/c1-17(9-10-3-2-4-11(18)7-10)21(19,20)12-5-6-13(15)14(16)8-12/h2-8,18H,9,16H2,1H3. The molecule has 0 aliphatic heterocycles. The van der Waals surface area contributed by atoms with E-state index in [1.54, 1.807) is 18.2 Å². The first-order valence-corrected chi connectivity index (χ1v) is 8.33. The molecule has 0 aliphatic rings. The maximum Gasteiger partial charge on any atom is 0.243 e. The van der Waals surface area contributed by atoms with Gasteiger partial charge < -0.3 is 10.8 Å². The summed E-state index contributed by atoms with van der Waals surface area (Å²) in [5.74, 6) is 0.103. The van der Waals surface area contributed by atoms with Crippen molar-refractivity contribution in [3.8, 4) is 5.75 Å². The summed E-state index contributed by atoms with van der Waals surface area (Å²) >= 11 is 3.23. The van der Waals surface area contributed by atoms with Crippen LogP contribution in [-0.2, 0) is 16.6 Å². The maximum absolute atomic E-state index is 12.5. The molecule has 0 radical (unpaired) electrons. The fourth-order valence-corrected chi connectivity index (χ4v) is 3.30. The number of nitrogen functional groups attached to an aromatic ring is 1. The molecule has 5 nitrogen and oxygen atoms in total. The number of hydrogen-bond acceptors (Lipinski definition) is 4. The molecular weight excluding hydrogens is 356 g/mol. The van der Waals surface area contributed by atoms with Crippen LogP contribution in [0.1, 0.15) is 5.56 Å². The summed E-state index contributed by atoms with van der Waals surface area (Å²) in [6.45, 7) is 0.159. The Kier molecular flexibility index (Phi) is 4.55. The highest BCUT2D eigenvalue weighted by atomic mass is 79.9. The van der Waals surface area contributed by atoms with Gasteiger partial charge in [-0.05, 0) is 51.8 Å². The van der Waals surface area contributed by atoms with Gasteiger partial charge in [0.2, 0.25) is 10.0 Å². The fraction of sp³-hybridized carbons (Fsp3) is 0.143. The Morgan fingerprint density at radius 2 is 1.95 bits per heavy atom. The van der Waals surface area contributed by atoms with Crippen molar-refractivity contribution in [1.82, 2.24) is 4.31 Å². The third kappa shape index (κ3) is 3.55. The van der Waals surface area contributed by atoms with Crippen molar-refractivity contribution in [1.29, 1.82) is 0 Å². The highest BCUT2D eigenvalue weighted by Gasteiger charge is 2.21. The lowest BCUT2D eigenvalue weighted by molar-refractivity contribution is 0.458. The SMILES string of the molecule is CN(Cc1cccc(O)c1)S(=O)(=O)c1ccc(Br)c(N)c1. The number of phenols is 1. The normalized spacial score (nSPS) is 11.8. The molecule has 0 fully saturated rings. The molecule has 0 amide bonds. The van der Waals surface area contributed by atoms with Gasteiger partial charge in [0.15, 0.2) is 0 Å². The summed E-state index contributed by atoms with van der Waals surface area (Å²) in [6.07, 6.45) is 0. The largest absolute Gasteiger partial charge is 0.508 e. The van der Waals surface area contributed by atoms with Gasteiger partial charge >= 0.3 is 0 Å². The molecule has 0 saturated carbocycles. The second kappa shape index (κ2) is 6.05. The van der Waals surface area contributed by atoms with E-state index >= 15 is 0 Å². The number of phenolic OH excluding ortho intramolecular Hbond substituents is 1. The third-order valence-corrected chi connectivity index (χ3v) is 5.51. The molecule has 0 bridgehead atoms. The van der Waals surface area contributed by atoms with Crippen LogP contribution in [0.5, 0.6) is 5.75 Å². The van der Waals surface area contributed by atoms with Gasteiger partial charge in [-0.2, -0.15) is 4.31 Å². The fourth-order valence-electron chi connectivity index (χ4n) is 1.86. The van der Waals surface area contributed by atoms with E-state index in [1.165, 1.54) is 35.6 Å². The predicted molar refractivity (Wildman–Crippen MR) is 85.3 cm³/mol. The molecule has 21 heavy (non-hydrogen) atoms. The maximum atomic E-state index is 12.5. The van der Waals surface area contributed by atoms with E-state index < -0.39 is 10.0 Å². The number of nitrogens with zero attached hydrogens (tertiary/aromatic N) is 1. The van der Waals surface area contributed by atoms with Gasteiger partial charge in [0.25, 0.3) is 0 Å². The van der Waals surface area contributed by atoms with Crippen molar-refractivity contribution in [3.05, 3.63) is 52.5 Å². The zero-order valence-corrected chi connectivity index (χ0v) is 13.7. The highest BCUT2D eigenvalue weighted by Crippen LogP contribution is 2.25. The Hall–Kier alpha value is -1.57. The molecule has 0 heterocycles. The first kappa shape index (κ1) is 15.8. The van der Waals surface area contributed by atoms with Crippen LogP contribution in [0.15, 0.2) is 51.8 Å². The van der Waals surface area contributed by atoms with E-state index in [1.807, 2.05) is 0 Å². The van der Waals surface area contributed by atoms with E-state index in [0.29, 0.717) is 15.7 Å². The summed E-state index contributed by atoms with van der Waals surface area (Å²) in [5, 5.41) is 9.42. The molecule has 0 saturated heterocycles. The zero-order chi connectivity index (χ0) is 15.6. The van der Waals surface area contributed by atoms with E-state index in [-0.39, 0.29) is 17.2 Å². The van der Waals surface area contributed by atoms with Gasteiger partial charge in [-0.25, -0.2) is 8.42 Å². The van der Waals surface area contributed by atoms with Gasteiger partial charge in [-0.3, -0.25) is 0 Å². The van der Waals surface area contributed by atoms with Crippen molar-refractivity contribution in [3.63, 3.8) is 0 Å². The smallest absolute Gasteiger partial charge is 0.243 e. The van der Waals surface area contributed by atoms with Crippen molar-refractivity contribution >= 4 is 31.6 Å². The lowest BCUT2D eigenvalue weighted by atomic mass is 10.2. The molecule has 0 atom stereocenters. The van der Waals surface area contributed by atoms with Crippen LogP contribution in [0.4, 0.5) is 5.69 Å². The van der Waals surface area contributed by atoms with Crippen LogP contribution in [0.2, 0.25) is 0 Å². The number of hydrogen-bond donors (Lipinski definition) is 2. The molecule has 0 aliphatic carbocycles. The minimum atomic E-state index is -3.64. The van der Waals surface area contributed by atoms with Crippen LogP contribution in [0, 0.1) is 0 Å². The second-order valence-corrected chi connectivity index (χ2v) is 7.51. The van der Waals surface area contributed by atoms with Crippen molar-refractivity contribution < 1.29 is 13.5 Å². The van der Waals surface area contributed by atoms with Crippen LogP contribution < -0.4 is 5.73 Å². The van der Waals surface area contributed by atoms with E-state index in [9.17, 15) is 13.5 Å². The average Bonchev–Trinajstić information content (AvgIpc) is 2.41. The number of sulfonamides is 1. The predicted octanol–water partition coefficient (Wildman–Crippen LogP) is 2.56. The highest BCUT2D eigenvalue weighted by molar-refractivity contribution is 9.10. The summed E-state index contributed by atoms with van der Waals surface area (Å²) in [6, 6.07) is 11.0. The Labute approximate surface area is 132 Å². The molecule has 0 unspecified atom stereocenters. The Morgan fingerprint density at radius 3 is 2.57 bits per heavy atom. The van der Waals surface area contributed by atoms with Crippen molar-refractivity contribution in [2.75, 3.05) is 12.8 Å². The summed E-state index contributed by atoms with van der Waals surface area (Å²) in [7, 11) is -2.15. The third-order valence-electron chi connectivity index (χ3n) is 2.99. The molecule has 112 valence electrons. The lowest BCUT2D eigenvalue weighted by Gasteiger charge is -2.18. The molecule has 3 N–H and O–H groups in total.